The van der Waals surface area contributed by atoms with Gasteiger partial charge in [-0.3, -0.25) is 14.4 Å². The number of ketones is 1. The second-order valence-corrected chi connectivity index (χ2v) is 6.72. The summed E-state index contributed by atoms with van der Waals surface area (Å²) in [6.07, 6.45) is 8.61. The van der Waals surface area contributed by atoms with Gasteiger partial charge < -0.3 is 9.84 Å². The minimum atomic E-state index is -0.728. The molecule has 1 atom stereocenters. The third-order valence-corrected chi connectivity index (χ3v) is 4.10. The summed E-state index contributed by atoms with van der Waals surface area (Å²) in [6.45, 7) is 7.60. The van der Waals surface area contributed by atoms with E-state index in [4.69, 9.17) is 9.84 Å². The molecule has 0 aromatic heterocycles. The number of carboxylic acid groups (broad SMARTS) is 1. The first-order chi connectivity index (χ1) is 11.8. The minimum absolute atomic E-state index is 0.0971. The molecule has 5 heteroatoms. The molecule has 0 fully saturated rings. The molecule has 0 saturated carbocycles. The maximum Gasteiger partial charge on any atom is 0.310 e. The molecule has 0 aromatic rings. The van der Waals surface area contributed by atoms with Gasteiger partial charge in [0.2, 0.25) is 0 Å². The van der Waals surface area contributed by atoms with Crippen molar-refractivity contribution >= 4 is 17.7 Å². The topological polar surface area (TPSA) is 80.7 Å². The fourth-order valence-electron chi connectivity index (χ4n) is 2.47. The molecule has 144 valence electrons. The number of hydrogen-bond acceptors (Lipinski definition) is 4. The van der Waals surface area contributed by atoms with Gasteiger partial charge in [-0.2, -0.15) is 0 Å². The Kier molecular flexibility index (Phi) is 13.7. The van der Waals surface area contributed by atoms with Crippen LogP contribution in [0.1, 0.15) is 90.9 Å². The van der Waals surface area contributed by atoms with E-state index >= 15 is 0 Å². The Hall–Kier alpha value is -1.65. The largest absolute Gasteiger partial charge is 0.481 e. The van der Waals surface area contributed by atoms with Gasteiger partial charge in [0.05, 0.1) is 12.5 Å². The van der Waals surface area contributed by atoms with Gasteiger partial charge in [-0.25, -0.2) is 0 Å². The highest BCUT2D eigenvalue weighted by Crippen LogP contribution is 2.13. The fraction of sp³-hybridized carbons (Fsp3) is 0.750. The van der Waals surface area contributed by atoms with Crippen LogP contribution in [0.5, 0.6) is 0 Å². The smallest absolute Gasteiger partial charge is 0.310 e. The van der Waals surface area contributed by atoms with Gasteiger partial charge in [-0.1, -0.05) is 51.2 Å². The molecule has 25 heavy (non-hydrogen) atoms. The molecule has 0 saturated heterocycles. The zero-order valence-corrected chi connectivity index (χ0v) is 15.8. The fourth-order valence-corrected chi connectivity index (χ4v) is 2.47. The molecular weight excluding hydrogens is 320 g/mol. The first-order valence-electron chi connectivity index (χ1n) is 9.44. The molecule has 0 rings (SSSR count). The maximum atomic E-state index is 11.9. The molecule has 0 spiro atoms. The lowest BCUT2D eigenvalue weighted by molar-refractivity contribution is -0.147. The van der Waals surface area contributed by atoms with E-state index in [1.807, 2.05) is 13.8 Å². The van der Waals surface area contributed by atoms with Crippen molar-refractivity contribution < 1.29 is 24.2 Å². The van der Waals surface area contributed by atoms with Crippen LogP contribution in [0.3, 0.4) is 0 Å². The van der Waals surface area contributed by atoms with Gasteiger partial charge >= 0.3 is 11.9 Å². The molecule has 1 N–H and O–H groups in total. The summed E-state index contributed by atoms with van der Waals surface area (Å²) in [5, 5.41) is 8.53. The van der Waals surface area contributed by atoms with Crippen LogP contribution in [0.15, 0.2) is 12.2 Å². The van der Waals surface area contributed by atoms with Crippen molar-refractivity contribution in [2.45, 2.75) is 97.0 Å². The molecule has 0 radical (unpaired) electrons. The van der Waals surface area contributed by atoms with Crippen molar-refractivity contribution in [3.63, 3.8) is 0 Å². The zero-order chi connectivity index (χ0) is 19.1. The van der Waals surface area contributed by atoms with Crippen LogP contribution in [0.25, 0.3) is 0 Å². The number of unbranched alkanes of at least 4 members (excludes halogenated alkanes) is 6. The van der Waals surface area contributed by atoms with Crippen molar-refractivity contribution in [1.29, 1.82) is 0 Å². The number of aliphatic carboxylic acids is 1. The molecule has 0 aliphatic rings. The molecule has 0 aliphatic heterocycles. The van der Waals surface area contributed by atoms with Crippen molar-refractivity contribution in [2.24, 2.45) is 0 Å². The summed E-state index contributed by atoms with van der Waals surface area (Å²) < 4.78 is 5.17. The predicted molar refractivity (Wildman–Crippen MR) is 98.4 cm³/mol. The number of carbonyl (C=O) groups is 3. The van der Waals surface area contributed by atoms with Crippen LogP contribution in [-0.4, -0.2) is 28.9 Å². The summed E-state index contributed by atoms with van der Waals surface area (Å²) in [6, 6.07) is 0. The van der Waals surface area contributed by atoms with Crippen molar-refractivity contribution in [1.82, 2.24) is 0 Å². The average molecular weight is 354 g/mol. The number of hydrogen-bond donors (Lipinski definition) is 1. The standard InChI is InChI=1S/C20H34O5/c1-4-17(3)25-20(24)15-16(2)14-18(21)12-10-8-6-5-7-9-11-13-19(22)23/h17H,2,4-15H2,1,3H3,(H,22,23). The number of Topliss-reactive ketones (excluding diaryl/α,β-unsaturated/α-hetero) is 1. The lowest BCUT2D eigenvalue weighted by atomic mass is 10.0. The molecule has 0 aliphatic carbocycles. The maximum absolute atomic E-state index is 11.9. The van der Waals surface area contributed by atoms with E-state index in [0.29, 0.717) is 12.0 Å². The first kappa shape index (κ1) is 23.4. The van der Waals surface area contributed by atoms with E-state index < -0.39 is 5.97 Å². The van der Waals surface area contributed by atoms with E-state index in [0.717, 1.165) is 51.4 Å². The summed E-state index contributed by atoms with van der Waals surface area (Å²) in [5.74, 6) is -0.911. The highest BCUT2D eigenvalue weighted by molar-refractivity contribution is 5.82. The molecule has 5 nitrogen and oxygen atoms in total. The van der Waals surface area contributed by atoms with Crippen LogP contribution in [-0.2, 0) is 19.1 Å². The molecular formula is C20H34O5. The molecule has 1 unspecified atom stereocenters. The number of esters is 1. The molecule has 0 aromatic carbocycles. The zero-order valence-electron chi connectivity index (χ0n) is 15.8. The van der Waals surface area contributed by atoms with Gasteiger partial charge in [-0.05, 0) is 26.2 Å². The van der Waals surface area contributed by atoms with Gasteiger partial charge in [0.1, 0.15) is 5.78 Å². The van der Waals surface area contributed by atoms with E-state index in [2.05, 4.69) is 6.58 Å². The Balaban J connectivity index is 3.58. The third kappa shape index (κ3) is 15.6. The minimum Gasteiger partial charge on any atom is -0.481 e. The van der Waals surface area contributed by atoms with Crippen LogP contribution < -0.4 is 0 Å². The van der Waals surface area contributed by atoms with Crippen LogP contribution in [0, 0.1) is 0 Å². The highest BCUT2D eigenvalue weighted by Gasteiger charge is 2.12. The lowest BCUT2D eigenvalue weighted by Crippen LogP contribution is -2.14. The quantitative estimate of drug-likeness (QED) is 0.244. The van der Waals surface area contributed by atoms with E-state index in [1.54, 1.807) is 0 Å². The second kappa shape index (κ2) is 14.7. The van der Waals surface area contributed by atoms with Gasteiger partial charge in [0.15, 0.2) is 0 Å². The van der Waals surface area contributed by atoms with Crippen molar-refractivity contribution in [3.05, 3.63) is 12.2 Å². The lowest BCUT2D eigenvalue weighted by Gasteiger charge is -2.11. The van der Waals surface area contributed by atoms with E-state index in [1.165, 1.54) is 0 Å². The van der Waals surface area contributed by atoms with Crippen LogP contribution in [0.2, 0.25) is 0 Å². The Morgan fingerprint density at radius 1 is 0.920 bits per heavy atom. The van der Waals surface area contributed by atoms with E-state index in [-0.39, 0.29) is 37.1 Å². The summed E-state index contributed by atoms with van der Waals surface area (Å²) >= 11 is 0. The monoisotopic (exact) mass is 354 g/mol. The number of carboxylic acids is 1. The Morgan fingerprint density at radius 3 is 1.96 bits per heavy atom. The Morgan fingerprint density at radius 2 is 1.44 bits per heavy atom. The molecule has 0 bridgehead atoms. The first-order valence-corrected chi connectivity index (χ1v) is 9.44. The summed E-state index contributed by atoms with van der Waals surface area (Å²) in [4.78, 5) is 33.9. The van der Waals surface area contributed by atoms with Crippen molar-refractivity contribution in [2.75, 3.05) is 0 Å². The molecule has 0 amide bonds. The third-order valence-electron chi connectivity index (χ3n) is 4.10. The SMILES string of the molecule is C=C(CC(=O)CCCCCCCCCC(=O)O)CC(=O)OC(C)CC. The summed E-state index contributed by atoms with van der Waals surface area (Å²) in [5.41, 5.74) is 0.622. The van der Waals surface area contributed by atoms with Crippen LogP contribution >= 0.6 is 0 Å². The molecule has 0 heterocycles. The number of carbonyl (C=O) groups excluding carboxylic acids is 2. The van der Waals surface area contributed by atoms with Crippen LogP contribution in [0.4, 0.5) is 0 Å². The highest BCUT2D eigenvalue weighted by atomic mass is 16.5. The van der Waals surface area contributed by atoms with Crippen molar-refractivity contribution in [3.8, 4) is 0 Å². The van der Waals surface area contributed by atoms with Gasteiger partial charge in [-0.15, -0.1) is 0 Å². The number of rotatable bonds is 16. The predicted octanol–water partition coefficient (Wildman–Crippen LogP) is 4.83. The second-order valence-electron chi connectivity index (χ2n) is 6.72. The van der Waals surface area contributed by atoms with Gasteiger partial charge in [0, 0.05) is 19.3 Å². The average Bonchev–Trinajstić information content (AvgIpc) is 2.52. The van der Waals surface area contributed by atoms with E-state index in [9.17, 15) is 14.4 Å². The number of ether oxygens (including phenoxy) is 1. The normalized spacial score (nSPS) is 11.8. The summed E-state index contributed by atoms with van der Waals surface area (Å²) in [7, 11) is 0. The Bertz CT molecular complexity index is 428. The van der Waals surface area contributed by atoms with Gasteiger partial charge in [0.25, 0.3) is 0 Å². The Labute approximate surface area is 151 Å².